The Morgan fingerprint density at radius 2 is 1.92 bits per heavy atom. The second-order valence-corrected chi connectivity index (χ2v) is 6.61. The summed E-state index contributed by atoms with van der Waals surface area (Å²) >= 11 is 0. The number of halogens is 1. The first-order valence-electron chi connectivity index (χ1n) is 8.60. The second kappa shape index (κ2) is 7.46. The van der Waals surface area contributed by atoms with Crippen molar-refractivity contribution < 1.29 is 9.53 Å². The highest BCUT2D eigenvalue weighted by molar-refractivity contribution is 5.85. The van der Waals surface area contributed by atoms with Gasteiger partial charge in [-0.25, -0.2) is 0 Å². The molecule has 1 aliphatic carbocycles. The Kier molecular flexibility index (Phi) is 5.30. The molecular formula is C20H23ClN2O2. The molecule has 2 aromatic carbocycles. The van der Waals surface area contributed by atoms with Gasteiger partial charge in [-0.2, -0.15) is 0 Å². The van der Waals surface area contributed by atoms with E-state index in [0.29, 0.717) is 6.61 Å². The lowest BCUT2D eigenvalue weighted by Gasteiger charge is -2.30. The molecule has 2 atom stereocenters. The molecule has 1 amide bonds. The number of rotatable bonds is 2. The van der Waals surface area contributed by atoms with Crippen molar-refractivity contribution in [2.75, 3.05) is 12.3 Å². The molecule has 2 aliphatic rings. The summed E-state index contributed by atoms with van der Waals surface area (Å²) < 4.78 is 5.78. The van der Waals surface area contributed by atoms with Gasteiger partial charge < -0.3 is 15.8 Å². The van der Waals surface area contributed by atoms with E-state index in [2.05, 4.69) is 11.4 Å². The molecule has 2 unspecified atom stereocenters. The minimum atomic E-state index is -0.505. The zero-order chi connectivity index (χ0) is 16.5. The van der Waals surface area contributed by atoms with E-state index in [1.54, 1.807) is 0 Å². The van der Waals surface area contributed by atoms with E-state index in [-0.39, 0.29) is 24.4 Å². The molecule has 0 fully saturated rings. The summed E-state index contributed by atoms with van der Waals surface area (Å²) in [6, 6.07) is 14.1. The van der Waals surface area contributed by atoms with E-state index >= 15 is 0 Å². The molecule has 5 heteroatoms. The summed E-state index contributed by atoms with van der Waals surface area (Å²) in [6.07, 6.45) is 3.40. The number of amides is 1. The van der Waals surface area contributed by atoms with Crippen LogP contribution >= 0.6 is 12.4 Å². The minimum absolute atomic E-state index is 0. The van der Waals surface area contributed by atoms with Crippen LogP contribution in [0.3, 0.4) is 0 Å². The van der Waals surface area contributed by atoms with Crippen LogP contribution in [-0.4, -0.2) is 12.5 Å². The molecule has 0 saturated heterocycles. The van der Waals surface area contributed by atoms with Gasteiger partial charge in [0.1, 0.15) is 0 Å². The van der Waals surface area contributed by atoms with Gasteiger partial charge in [-0.3, -0.25) is 4.79 Å². The summed E-state index contributed by atoms with van der Waals surface area (Å²) in [5.74, 6) is -0.0446. The summed E-state index contributed by atoms with van der Waals surface area (Å²) in [6.45, 7) is 0.590. The minimum Gasteiger partial charge on any atom is -0.399 e. The van der Waals surface area contributed by atoms with Gasteiger partial charge in [0.2, 0.25) is 0 Å². The molecule has 0 saturated carbocycles. The Morgan fingerprint density at radius 3 is 2.80 bits per heavy atom. The summed E-state index contributed by atoms with van der Waals surface area (Å²) in [4.78, 5) is 12.8. The fourth-order valence-electron chi connectivity index (χ4n) is 3.84. The maximum atomic E-state index is 12.8. The third-order valence-corrected chi connectivity index (χ3v) is 5.03. The molecule has 4 nitrogen and oxygen atoms in total. The van der Waals surface area contributed by atoms with Crippen LogP contribution in [0, 0.1) is 0 Å². The average molecular weight is 359 g/mol. The molecule has 0 bridgehead atoms. The number of carbonyl (C=O) groups is 1. The largest absolute Gasteiger partial charge is 0.399 e. The Hall–Kier alpha value is -2.04. The number of aryl methyl sites for hydroxylation is 1. The predicted molar refractivity (Wildman–Crippen MR) is 101 cm³/mol. The van der Waals surface area contributed by atoms with Gasteiger partial charge in [0, 0.05) is 5.69 Å². The van der Waals surface area contributed by atoms with Crippen molar-refractivity contribution in [3.8, 4) is 0 Å². The van der Waals surface area contributed by atoms with Crippen LogP contribution in [0.25, 0.3) is 0 Å². The van der Waals surface area contributed by atoms with Crippen LogP contribution < -0.4 is 11.1 Å². The molecule has 3 N–H and O–H groups in total. The van der Waals surface area contributed by atoms with E-state index in [4.69, 9.17) is 10.5 Å². The first-order valence-corrected chi connectivity index (χ1v) is 8.60. The number of hydrogen-bond acceptors (Lipinski definition) is 3. The SMILES string of the molecule is Cl.Nc1ccc2c(c1)CCCC2NC(=O)C1OCCc2ccccc21. The zero-order valence-electron chi connectivity index (χ0n) is 14.0. The number of hydrogen-bond donors (Lipinski definition) is 2. The first-order chi connectivity index (χ1) is 11.7. The van der Waals surface area contributed by atoms with Crippen molar-refractivity contribution in [2.24, 2.45) is 0 Å². The number of ether oxygens (including phenoxy) is 1. The molecule has 0 spiro atoms. The number of nitrogen functional groups attached to an aromatic ring is 1. The second-order valence-electron chi connectivity index (χ2n) is 6.61. The summed E-state index contributed by atoms with van der Waals surface area (Å²) in [5, 5.41) is 3.20. The number of benzene rings is 2. The van der Waals surface area contributed by atoms with Crippen LogP contribution in [0.1, 0.15) is 47.2 Å². The third-order valence-electron chi connectivity index (χ3n) is 5.03. The monoisotopic (exact) mass is 358 g/mol. The van der Waals surface area contributed by atoms with Crippen LogP contribution in [0.15, 0.2) is 42.5 Å². The Morgan fingerprint density at radius 1 is 1.08 bits per heavy atom. The van der Waals surface area contributed by atoms with Crippen LogP contribution in [0.4, 0.5) is 5.69 Å². The highest BCUT2D eigenvalue weighted by Crippen LogP contribution is 2.33. The molecule has 132 valence electrons. The lowest BCUT2D eigenvalue weighted by Crippen LogP contribution is -2.37. The smallest absolute Gasteiger partial charge is 0.254 e. The average Bonchev–Trinajstić information content (AvgIpc) is 2.61. The van der Waals surface area contributed by atoms with Crippen LogP contribution in [-0.2, 0) is 22.4 Å². The zero-order valence-corrected chi connectivity index (χ0v) is 14.9. The van der Waals surface area contributed by atoms with Gasteiger partial charge in [0.05, 0.1) is 12.6 Å². The highest BCUT2D eigenvalue weighted by atomic mass is 35.5. The molecule has 4 rings (SSSR count). The molecule has 1 heterocycles. The molecule has 2 aromatic rings. The Balaban J connectivity index is 0.00000182. The van der Waals surface area contributed by atoms with Gasteiger partial charge in [-0.05, 0) is 60.1 Å². The molecule has 0 aromatic heterocycles. The van der Waals surface area contributed by atoms with Crippen molar-refractivity contribution in [1.82, 2.24) is 5.32 Å². The van der Waals surface area contributed by atoms with Crippen LogP contribution in [0.2, 0.25) is 0 Å². The van der Waals surface area contributed by atoms with E-state index in [0.717, 1.165) is 36.9 Å². The number of nitrogens with one attached hydrogen (secondary N) is 1. The van der Waals surface area contributed by atoms with Crippen LogP contribution in [0.5, 0.6) is 0 Å². The summed E-state index contributed by atoms with van der Waals surface area (Å²) in [5.41, 5.74) is 11.3. The lowest BCUT2D eigenvalue weighted by molar-refractivity contribution is -0.135. The number of nitrogens with two attached hydrogens (primary N) is 1. The van der Waals surface area contributed by atoms with Gasteiger partial charge in [-0.1, -0.05) is 30.3 Å². The van der Waals surface area contributed by atoms with Gasteiger partial charge in [0.15, 0.2) is 6.10 Å². The maximum Gasteiger partial charge on any atom is 0.254 e. The number of fused-ring (bicyclic) bond motifs is 2. The fourth-order valence-corrected chi connectivity index (χ4v) is 3.84. The Bertz CT molecular complexity index is 778. The number of carbonyl (C=O) groups excluding carboxylic acids is 1. The summed E-state index contributed by atoms with van der Waals surface area (Å²) in [7, 11) is 0. The van der Waals surface area contributed by atoms with Gasteiger partial charge >= 0.3 is 0 Å². The van der Waals surface area contributed by atoms with Crippen molar-refractivity contribution in [3.63, 3.8) is 0 Å². The number of anilines is 1. The van der Waals surface area contributed by atoms with E-state index < -0.39 is 6.10 Å². The molecule has 25 heavy (non-hydrogen) atoms. The lowest BCUT2D eigenvalue weighted by atomic mass is 9.87. The maximum absolute atomic E-state index is 12.8. The van der Waals surface area contributed by atoms with Crippen molar-refractivity contribution >= 4 is 24.0 Å². The molecule has 0 radical (unpaired) electrons. The quantitative estimate of drug-likeness (QED) is 0.807. The van der Waals surface area contributed by atoms with Crippen molar-refractivity contribution in [2.45, 2.75) is 37.8 Å². The topological polar surface area (TPSA) is 64.3 Å². The first kappa shape index (κ1) is 17.8. The molecular weight excluding hydrogens is 336 g/mol. The van der Waals surface area contributed by atoms with Crippen molar-refractivity contribution in [3.05, 3.63) is 64.7 Å². The molecule has 1 aliphatic heterocycles. The third kappa shape index (κ3) is 3.51. The highest BCUT2D eigenvalue weighted by Gasteiger charge is 2.30. The van der Waals surface area contributed by atoms with E-state index in [1.807, 2.05) is 36.4 Å². The standard InChI is InChI=1S/C20H22N2O2.ClH/c21-15-8-9-16-14(12-15)5-3-7-18(16)22-20(23)19-17-6-2-1-4-13(17)10-11-24-19;/h1-2,4,6,8-9,12,18-19H,3,5,7,10-11,21H2,(H,22,23);1H. The van der Waals surface area contributed by atoms with Gasteiger partial charge in [0.25, 0.3) is 5.91 Å². The van der Waals surface area contributed by atoms with E-state index in [1.165, 1.54) is 16.7 Å². The van der Waals surface area contributed by atoms with E-state index in [9.17, 15) is 4.79 Å². The normalized spacial score (nSPS) is 21.4. The fraction of sp³-hybridized carbons (Fsp3) is 0.350. The predicted octanol–water partition coefficient (Wildman–Crippen LogP) is 3.50. The van der Waals surface area contributed by atoms with Gasteiger partial charge in [-0.15, -0.1) is 12.4 Å². The Labute approximate surface area is 154 Å². The van der Waals surface area contributed by atoms with Crippen molar-refractivity contribution in [1.29, 1.82) is 0 Å².